The molecule has 0 saturated carbocycles. The van der Waals surface area contributed by atoms with E-state index in [-0.39, 0.29) is 5.91 Å². The van der Waals surface area contributed by atoms with Gasteiger partial charge in [-0.3, -0.25) is 9.69 Å². The predicted octanol–water partition coefficient (Wildman–Crippen LogP) is 2.04. The van der Waals surface area contributed by atoms with E-state index in [1.54, 1.807) is 26.4 Å². The van der Waals surface area contributed by atoms with Crippen molar-refractivity contribution in [3.63, 3.8) is 0 Å². The summed E-state index contributed by atoms with van der Waals surface area (Å²) in [7, 11) is 3.24. The van der Waals surface area contributed by atoms with E-state index in [0.717, 1.165) is 62.8 Å². The van der Waals surface area contributed by atoms with Crippen molar-refractivity contribution < 1.29 is 19.0 Å². The molecule has 1 unspecified atom stereocenters. The lowest BCUT2D eigenvalue weighted by Gasteiger charge is -2.35. The summed E-state index contributed by atoms with van der Waals surface area (Å²) in [6.45, 7) is 5.20. The summed E-state index contributed by atoms with van der Waals surface area (Å²) in [5.74, 6) is 1.49. The molecule has 2 saturated heterocycles. The van der Waals surface area contributed by atoms with Crippen LogP contribution in [0.4, 0.5) is 0 Å². The van der Waals surface area contributed by atoms with E-state index in [1.807, 2.05) is 23.1 Å². The molecular formula is C20H28N2O4. The second-order valence-corrected chi connectivity index (χ2v) is 6.70. The normalized spacial score (nSPS) is 21.3. The Morgan fingerprint density at radius 1 is 1.23 bits per heavy atom. The first-order chi connectivity index (χ1) is 12.7. The van der Waals surface area contributed by atoms with Gasteiger partial charge in [-0.25, -0.2) is 0 Å². The zero-order valence-corrected chi connectivity index (χ0v) is 15.6. The van der Waals surface area contributed by atoms with Gasteiger partial charge in [0, 0.05) is 51.0 Å². The van der Waals surface area contributed by atoms with Gasteiger partial charge in [0.15, 0.2) is 0 Å². The van der Waals surface area contributed by atoms with Crippen LogP contribution in [0.25, 0.3) is 6.08 Å². The van der Waals surface area contributed by atoms with E-state index < -0.39 is 0 Å². The molecule has 2 aliphatic heterocycles. The lowest BCUT2D eigenvalue weighted by atomic mass is 10.1. The van der Waals surface area contributed by atoms with Crippen LogP contribution in [0.1, 0.15) is 18.4 Å². The zero-order valence-electron chi connectivity index (χ0n) is 15.6. The van der Waals surface area contributed by atoms with E-state index in [1.165, 1.54) is 6.42 Å². The monoisotopic (exact) mass is 360 g/mol. The molecule has 0 bridgehead atoms. The number of piperazine rings is 1. The number of rotatable bonds is 6. The standard InChI is InChI=1S/C20H28N2O4/c1-24-17-6-7-19(25-2)16(14-17)5-8-20(23)22-11-9-21(10-12-22)15-18-4-3-13-26-18/h5-8,14,18H,3-4,9-13,15H2,1-2H3. The number of hydrogen-bond donors (Lipinski definition) is 0. The third-order valence-electron chi connectivity index (χ3n) is 5.01. The average molecular weight is 360 g/mol. The lowest BCUT2D eigenvalue weighted by Crippen LogP contribution is -2.50. The van der Waals surface area contributed by atoms with Gasteiger partial charge in [-0.1, -0.05) is 0 Å². The summed E-state index contributed by atoms with van der Waals surface area (Å²) in [5.41, 5.74) is 0.831. The van der Waals surface area contributed by atoms with Crippen molar-refractivity contribution in [1.29, 1.82) is 0 Å². The Balaban J connectivity index is 1.53. The molecule has 1 atom stereocenters. The van der Waals surface area contributed by atoms with Crippen LogP contribution in [0.2, 0.25) is 0 Å². The predicted molar refractivity (Wildman–Crippen MR) is 101 cm³/mol. The SMILES string of the molecule is COc1ccc(OC)c(C=CC(=O)N2CCN(CC3CCCO3)CC2)c1. The van der Waals surface area contributed by atoms with Gasteiger partial charge in [-0.15, -0.1) is 0 Å². The summed E-state index contributed by atoms with van der Waals surface area (Å²) in [6, 6.07) is 5.54. The maximum atomic E-state index is 12.5. The first kappa shape index (κ1) is 18.7. The summed E-state index contributed by atoms with van der Waals surface area (Å²) >= 11 is 0. The number of nitrogens with zero attached hydrogens (tertiary/aromatic N) is 2. The minimum Gasteiger partial charge on any atom is -0.497 e. The highest BCUT2D eigenvalue weighted by molar-refractivity contribution is 5.92. The molecular weight excluding hydrogens is 332 g/mol. The molecule has 0 N–H and O–H groups in total. The molecule has 0 aromatic heterocycles. The topological polar surface area (TPSA) is 51.2 Å². The van der Waals surface area contributed by atoms with Crippen LogP contribution in [-0.2, 0) is 9.53 Å². The number of benzene rings is 1. The van der Waals surface area contributed by atoms with Crippen molar-refractivity contribution in [2.75, 3.05) is 53.6 Å². The van der Waals surface area contributed by atoms with Gasteiger partial charge >= 0.3 is 0 Å². The number of carbonyl (C=O) groups excluding carboxylic acids is 1. The number of carbonyl (C=O) groups is 1. The van der Waals surface area contributed by atoms with Gasteiger partial charge in [-0.05, 0) is 37.1 Å². The van der Waals surface area contributed by atoms with Gasteiger partial charge in [-0.2, -0.15) is 0 Å². The van der Waals surface area contributed by atoms with E-state index in [2.05, 4.69) is 4.90 Å². The Labute approximate surface area is 155 Å². The summed E-state index contributed by atoms with van der Waals surface area (Å²) in [4.78, 5) is 16.8. The fourth-order valence-electron chi connectivity index (χ4n) is 3.46. The maximum absolute atomic E-state index is 12.5. The fourth-order valence-corrected chi connectivity index (χ4v) is 3.46. The molecule has 2 aliphatic rings. The lowest BCUT2D eigenvalue weighted by molar-refractivity contribution is -0.127. The highest BCUT2D eigenvalue weighted by Gasteiger charge is 2.24. The highest BCUT2D eigenvalue weighted by Crippen LogP contribution is 2.25. The number of ether oxygens (including phenoxy) is 3. The summed E-state index contributed by atoms with van der Waals surface area (Å²) in [6.07, 6.45) is 6.11. The van der Waals surface area contributed by atoms with Gasteiger partial charge in [0.2, 0.25) is 5.91 Å². The van der Waals surface area contributed by atoms with Gasteiger partial charge in [0.1, 0.15) is 11.5 Å². The van der Waals surface area contributed by atoms with Crippen LogP contribution in [0.15, 0.2) is 24.3 Å². The largest absolute Gasteiger partial charge is 0.497 e. The molecule has 0 radical (unpaired) electrons. The van der Waals surface area contributed by atoms with Crippen molar-refractivity contribution in [3.8, 4) is 11.5 Å². The van der Waals surface area contributed by atoms with Crippen molar-refractivity contribution in [1.82, 2.24) is 9.80 Å². The fraction of sp³-hybridized carbons (Fsp3) is 0.550. The Morgan fingerprint density at radius 3 is 2.69 bits per heavy atom. The Kier molecular flexibility index (Phi) is 6.52. The first-order valence-corrected chi connectivity index (χ1v) is 9.22. The molecule has 6 heteroatoms. The minimum atomic E-state index is 0.0339. The average Bonchev–Trinajstić information content (AvgIpc) is 3.19. The van der Waals surface area contributed by atoms with Gasteiger partial charge in [0.05, 0.1) is 20.3 Å². The van der Waals surface area contributed by atoms with Crippen LogP contribution in [0, 0.1) is 0 Å². The van der Waals surface area contributed by atoms with E-state index in [0.29, 0.717) is 6.10 Å². The van der Waals surface area contributed by atoms with Crippen molar-refractivity contribution in [2.24, 2.45) is 0 Å². The Morgan fingerprint density at radius 2 is 2.04 bits per heavy atom. The number of methoxy groups -OCH3 is 2. The molecule has 3 rings (SSSR count). The first-order valence-electron chi connectivity index (χ1n) is 9.22. The maximum Gasteiger partial charge on any atom is 0.246 e. The van der Waals surface area contributed by atoms with Crippen molar-refractivity contribution in [2.45, 2.75) is 18.9 Å². The van der Waals surface area contributed by atoms with Crippen LogP contribution >= 0.6 is 0 Å². The second-order valence-electron chi connectivity index (χ2n) is 6.70. The molecule has 0 spiro atoms. The number of hydrogen-bond acceptors (Lipinski definition) is 5. The van der Waals surface area contributed by atoms with Crippen LogP contribution in [-0.4, -0.2) is 75.4 Å². The van der Waals surface area contributed by atoms with E-state index in [4.69, 9.17) is 14.2 Å². The second kappa shape index (κ2) is 9.05. The van der Waals surface area contributed by atoms with E-state index in [9.17, 15) is 4.79 Å². The molecule has 1 aromatic carbocycles. The van der Waals surface area contributed by atoms with Crippen LogP contribution < -0.4 is 9.47 Å². The Bertz CT molecular complexity index is 633. The zero-order chi connectivity index (χ0) is 18.4. The van der Waals surface area contributed by atoms with Crippen LogP contribution in [0.5, 0.6) is 11.5 Å². The van der Waals surface area contributed by atoms with Gasteiger partial charge in [0.25, 0.3) is 0 Å². The molecule has 2 fully saturated rings. The molecule has 0 aliphatic carbocycles. The summed E-state index contributed by atoms with van der Waals surface area (Å²) in [5, 5.41) is 0. The van der Waals surface area contributed by atoms with Crippen molar-refractivity contribution in [3.05, 3.63) is 29.8 Å². The molecule has 6 nitrogen and oxygen atoms in total. The molecule has 142 valence electrons. The quantitative estimate of drug-likeness (QED) is 0.727. The van der Waals surface area contributed by atoms with Crippen molar-refractivity contribution >= 4 is 12.0 Å². The highest BCUT2D eigenvalue weighted by atomic mass is 16.5. The van der Waals surface area contributed by atoms with Crippen LogP contribution in [0.3, 0.4) is 0 Å². The molecule has 1 amide bonds. The van der Waals surface area contributed by atoms with E-state index >= 15 is 0 Å². The third kappa shape index (κ3) is 4.77. The van der Waals surface area contributed by atoms with Gasteiger partial charge < -0.3 is 19.1 Å². The Hall–Kier alpha value is -2.05. The molecule has 2 heterocycles. The molecule has 1 aromatic rings. The number of amides is 1. The minimum absolute atomic E-state index is 0.0339. The molecule has 26 heavy (non-hydrogen) atoms. The third-order valence-corrected chi connectivity index (χ3v) is 5.01. The smallest absolute Gasteiger partial charge is 0.246 e. The summed E-state index contributed by atoms with van der Waals surface area (Å²) < 4.78 is 16.3.